The Hall–Kier alpha value is -1.57. The third-order valence-electron chi connectivity index (χ3n) is 2.12. The van der Waals surface area contributed by atoms with Gasteiger partial charge in [-0.3, -0.25) is 0 Å². The number of aromatic nitrogens is 2. The molecule has 1 aromatic rings. The first kappa shape index (κ1) is 14.5. The van der Waals surface area contributed by atoms with Crippen molar-refractivity contribution in [3.63, 3.8) is 0 Å². The van der Waals surface area contributed by atoms with E-state index in [1.807, 2.05) is 6.92 Å². The zero-order valence-electron chi connectivity index (χ0n) is 10.1. The smallest absolute Gasteiger partial charge is 0.451 e. The van der Waals surface area contributed by atoms with E-state index in [-0.39, 0.29) is 17.8 Å². The molecule has 1 heterocycles. The maximum Gasteiger partial charge on any atom is 0.451 e. The van der Waals surface area contributed by atoms with Crippen molar-refractivity contribution in [3.05, 3.63) is 11.9 Å². The van der Waals surface area contributed by atoms with Crippen molar-refractivity contribution in [1.29, 1.82) is 0 Å². The Balaban J connectivity index is 2.97. The fourth-order valence-corrected chi connectivity index (χ4v) is 1.36. The normalized spacial score (nSPS) is 13.2. The van der Waals surface area contributed by atoms with E-state index < -0.39 is 12.0 Å². The molecule has 0 aliphatic heterocycles. The summed E-state index contributed by atoms with van der Waals surface area (Å²) in [7, 11) is 0. The third kappa shape index (κ3) is 4.02. The summed E-state index contributed by atoms with van der Waals surface area (Å²) in [5.41, 5.74) is 2.05. The second-order valence-electron chi connectivity index (χ2n) is 3.77. The first-order valence-corrected chi connectivity index (χ1v) is 5.46. The minimum absolute atomic E-state index is 0.143. The molecule has 0 bridgehead atoms. The van der Waals surface area contributed by atoms with Gasteiger partial charge in [0.2, 0.25) is 11.7 Å². The standard InChI is InChI=1S/C10H15F3N4O/c1-3-4-6(2)18-8-5-7(17-14)15-9(16-8)10(11,12)13/h5-6H,3-4,14H2,1-2H3,(H,15,16,17). The molecule has 0 aliphatic rings. The summed E-state index contributed by atoms with van der Waals surface area (Å²) >= 11 is 0. The Morgan fingerprint density at radius 1 is 1.44 bits per heavy atom. The van der Waals surface area contributed by atoms with Crippen LogP contribution in [0.3, 0.4) is 0 Å². The number of alkyl halides is 3. The Bertz CT molecular complexity index is 397. The molecule has 8 heteroatoms. The fourth-order valence-electron chi connectivity index (χ4n) is 1.36. The monoisotopic (exact) mass is 264 g/mol. The minimum atomic E-state index is -4.64. The minimum Gasteiger partial charge on any atom is -0.475 e. The van der Waals surface area contributed by atoms with Crippen LogP contribution in [0.2, 0.25) is 0 Å². The van der Waals surface area contributed by atoms with Crippen LogP contribution in [0.4, 0.5) is 19.0 Å². The lowest BCUT2D eigenvalue weighted by Crippen LogP contribution is -2.18. The van der Waals surface area contributed by atoms with Crippen LogP contribution in [0.5, 0.6) is 5.88 Å². The SMILES string of the molecule is CCCC(C)Oc1cc(NN)nc(C(F)(F)F)n1. The molecule has 0 saturated carbocycles. The van der Waals surface area contributed by atoms with Crippen molar-refractivity contribution in [1.82, 2.24) is 9.97 Å². The van der Waals surface area contributed by atoms with Gasteiger partial charge in [0.25, 0.3) is 0 Å². The highest BCUT2D eigenvalue weighted by atomic mass is 19.4. The highest BCUT2D eigenvalue weighted by molar-refractivity contribution is 5.37. The quantitative estimate of drug-likeness (QED) is 0.631. The molecule has 0 saturated heterocycles. The van der Waals surface area contributed by atoms with E-state index in [0.717, 1.165) is 12.8 Å². The second-order valence-corrected chi connectivity index (χ2v) is 3.77. The first-order chi connectivity index (χ1) is 8.36. The van der Waals surface area contributed by atoms with Crippen molar-refractivity contribution in [2.45, 2.75) is 39.0 Å². The van der Waals surface area contributed by atoms with Crippen LogP contribution in [0.25, 0.3) is 0 Å². The predicted octanol–water partition coefficient (Wildman–Crippen LogP) is 2.35. The highest BCUT2D eigenvalue weighted by Crippen LogP contribution is 2.29. The Labute approximate surface area is 103 Å². The molecule has 1 atom stereocenters. The van der Waals surface area contributed by atoms with Crippen molar-refractivity contribution >= 4 is 5.82 Å². The van der Waals surface area contributed by atoms with Gasteiger partial charge in [0.1, 0.15) is 5.82 Å². The maximum absolute atomic E-state index is 12.5. The molecule has 5 nitrogen and oxygen atoms in total. The molecule has 3 N–H and O–H groups in total. The molecule has 0 fully saturated rings. The van der Waals surface area contributed by atoms with Gasteiger partial charge in [-0.05, 0) is 13.3 Å². The van der Waals surface area contributed by atoms with Crippen molar-refractivity contribution in [3.8, 4) is 5.88 Å². The number of ether oxygens (including phenoxy) is 1. The molecule has 18 heavy (non-hydrogen) atoms. The Morgan fingerprint density at radius 2 is 2.11 bits per heavy atom. The lowest BCUT2D eigenvalue weighted by molar-refractivity contribution is -0.145. The molecule has 1 unspecified atom stereocenters. The van der Waals surface area contributed by atoms with E-state index in [9.17, 15) is 13.2 Å². The van der Waals surface area contributed by atoms with Crippen molar-refractivity contribution in [2.24, 2.45) is 5.84 Å². The van der Waals surface area contributed by atoms with Crippen LogP contribution >= 0.6 is 0 Å². The Kier molecular flexibility index (Phi) is 4.71. The molecule has 1 rings (SSSR count). The van der Waals surface area contributed by atoms with Crippen LogP contribution in [-0.4, -0.2) is 16.1 Å². The molecule has 0 aliphatic carbocycles. The molecule has 0 spiro atoms. The van der Waals surface area contributed by atoms with Crippen LogP contribution in [0, 0.1) is 0 Å². The maximum atomic E-state index is 12.5. The first-order valence-electron chi connectivity index (χ1n) is 5.46. The third-order valence-corrected chi connectivity index (χ3v) is 2.12. The number of nitrogens with zero attached hydrogens (tertiary/aromatic N) is 2. The lowest BCUT2D eigenvalue weighted by atomic mass is 10.2. The van der Waals surface area contributed by atoms with Crippen molar-refractivity contribution < 1.29 is 17.9 Å². The summed E-state index contributed by atoms with van der Waals surface area (Å²) in [6, 6.07) is 1.22. The number of halogens is 3. The number of hydrogen-bond donors (Lipinski definition) is 2. The lowest BCUT2D eigenvalue weighted by Gasteiger charge is -2.15. The van der Waals surface area contributed by atoms with Gasteiger partial charge in [-0.1, -0.05) is 13.3 Å². The van der Waals surface area contributed by atoms with E-state index in [2.05, 4.69) is 15.4 Å². The number of hydrogen-bond acceptors (Lipinski definition) is 5. The van der Waals surface area contributed by atoms with Crippen LogP contribution < -0.4 is 16.0 Å². The summed E-state index contributed by atoms with van der Waals surface area (Å²) in [5, 5.41) is 0. The van der Waals surface area contributed by atoms with Gasteiger partial charge in [0, 0.05) is 6.07 Å². The number of anilines is 1. The number of nitrogens with one attached hydrogen (secondary N) is 1. The largest absolute Gasteiger partial charge is 0.475 e. The van der Waals surface area contributed by atoms with E-state index >= 15 is 0 Å². The van der Waals surface area contributed by atoms with Crippen LogP contribution in [-0.2, 0) is 6.18 Å². The number of rotatable bonds is 5. The van der Waals surface area contributed by atoms with E-state index in [4.69, 9.17) is 10.6 Å². The fraction of sp³-hybridized carbons (Fsp3) is 0.600. The van der Waals surface area contributed by atoms with Gasteiger partial charge < -0.3 is 10.2 Å². The Morgan fingerprint density at radius 3 is 2.61 bits per heavy atom. The number of nitrogens with two attached hydrogens (primary N) is 1. The average molecular weight is 264 g/mol. The van der Waals surface area contributed by atoms with Crippen LogP contribution in [0.1, 0.15) is 32.5 Å². The molecule has 102 valence electrons. The molecular weight excluding hydrogens is 249 g/mol. The number of nitrogen functional groups attached to an aromatic ring is 1. The summed E-state index contributed by atoms with van der Waals surface area (Å²) in [4.78, 5) is 6.55. The molecule has 1 aromatic heterocycles. The van der Waals surface area contributed by atoms with Crippen LogP contribution in [0.15, 0.2) is 6.07 Å². The molecule has 0 amide bonds. The average Bonchev–Trinajstić information content (AvgIpc) is 2.27. The highest BCUT2D eigenvalue weighted by Gasteiger charge is 2.35. The van der Waals surface area contributed by atoms with E-state index in [0.29, 0.717) is 0 Å². The van der Waals surface area contributed by atoms with E-state index in [1.165, 1.54) is 6.07 Å². The summed E-state index contributed by atoms with van der Waals surface area (Å²) < 4.78 is 42.8. The van der Waals surface area contributed by atoms with Gasteiger partial charge in [0.05, 0.1) is 6.10 Å². The zero-order valence-corrected chi connectivity index (χ0v) is 10.1. The molecule has 0 radical (unpaired) electrons. The van der Waals surface area contributed by atoms with Gasteiger partial charge in [0.15, 0.2) is 0 Å². The van der Waals surface area contributed by atoms with Gasteiger partial charge in [-0.15, -0.1) is 0 Å². The topological polar surface area (TPSA) is 73.1 Å². The summed E-state index contributed by atoms with van der Waals surface area (Å²) in [6.07, 6.45) is -3.28. The molecule has 0 aromatic carbocycles. The zero-order chi connectivity index (χ0) is 13.8. The van der Waals surface area contributed by atoms with Gasteiger partial charge in [-0.2, -0.15) is 18.2 Å². The summed E-state index contributed by atoms with van der Waals surface area (Å²) in [6.45, 7) is 3.71. The van der Waals surface area contributed by atoms with Gasteiger partial charge in [-0.25, -0.2) is 10.8 Å². The van der Waals surface area contributed by atoms with E-state index in [1.54, 1.807) is 6.92 Å². The van der Waals surface area contributed by atoms with Gasteiger partial charge >= 0.3 is 6.18 Å². The number of hydrazine groups is 1. The summed E-state index contributed by atoms with van der Waals surface area (Å²) in [5.74, 6) is 3.49. The predicted molar refractivity (Wildman–Crippen MR) is 59.8 cm³/mol. The van der Waals surface area contributed by atoms with Crippen molar-refractivity contribution in [2.75, 3.05) is 5.43 Å². The molecular formula is C10H15F3N4O. The second kappa shape index (κ2) is 5.85.